The molecule has 0 radical (unpaired) electrons. The standard InChI is InChI=1S/2C12H8O4/c13-11(14)9-5-1-3-7-8(9)4-2-6-10(7)12(15)16;13-11(14)9-6-5-7-3-1-2-4-8(7)10(9)12(15)16/h2*1-6H,(H,13,14)(H,15,16). The summed E-state index contributed by atoms with van der Waals surface area (Å²) in [5.41, 5.74) is -0.127. The zero-order valence-corrected chi connectivity index (χ0v) is 16.4. The number of carboxylic acid groups (broad SMARTS) is 4. The molecule has 0 aliphatic rings. The van der Waals surface area contributed by atoms with Crippen molar-refractivity contribution in [3.63, 3.8) is 0 Å². The van der Waals surface area contributed by atoms with Crippen LogP contribution in [0.1, 0.15) is 41.4 Å². The highest BCUT2D eigenvalue weighted by molar-refractivity contribution is 6.12. The van der Waals surface area contributed by atoms with Crippen molar-refractivity contribution >= 4 is 45.4 Å². The first-order chi connectivity index (χ1) is 15.2. The van der Waals surface area contributed by atoms with Gasteiger partial charge in [0.25, 0.3) is 0 Å². The van der Waals surface area contributed by atoms with Gasteiger partial charge in [-0.1, -0.05) is 54.6 Å². The Hall–Kier alpha value is -4.72. The first kappa shape index (κ1) is 22.0. The van der Waals surface area contributed by atoms with Crippen LogP contribution in [0.3, 0.4) is 0 Å². The van der Waals surface area contributed by atoms with Gasteiger partial charge in [-0.3, -0.25) is 0 Å². The van der Waals surface area contributed by atoms with Gasteiger partial charge < -0.3 is 20.4 Å². The fourth-order valence-corrected chi connectivity index (χ4v) is 3.36. The number of benzene rings is 4. The van der Waals surface area contributed by atoms with Crippen molar-refractivity contribution in [2.45, 2.75) is 0 Å². The van der Waals surface area contributed by atoms with Crippen molar-refractivity contribution in [1.29, 1.82) is 0 Å². The summed E-state index contributed by atoms with van der Waals surface area (Å²) in [6.07, 6.45) is 0. The van der Waals surface area contributed by atoms with E-state index in [-0.39, 0.29) is 22.3 Å². The number of hydrogen-bond acceptors (Lipinski definition) is 4. The summed E-state index contributed by atoms with van der Waals surface area (Å²) >= 11 is 0. The van der Waals surface area contributed by atoms with Crippen LogP contribution in [0.25, 0.3) is 21.5 Å². The molecular formula is C24H16O8. The van der Waals surface area contributed by atoms with Crippen LogP contribution in [0.15, 0.2) is 72.8 Å². The SMILES string of the molecule is O=C(O)c1ccc2ccccc2c1C(=O)O.O=C(O)c1cccc2c(C(=O)O)cccc12. The Kier molecular flexibility index (Phi) is 6.16. The fourth-order valence-electron chi connectivity index (χ4n) is 3.36. The quantitative estimate of drug-likeness (QED) is 0.369. The normalized spacial score (nSPS) is 10.2. The molecule has 0 spiro atoms. The van der Waals surface area contributed by atoms with E-state index >= 15 is 0 Å². The Morgan fingerprint density at radius 3 is 1.38 bits per heavy atom. The second-order valence-electron chi connectivity index (χ2n) is 6.64. The predicted molar refractivity (Wildman–Crippen MR) is 116 cm³/mol. The van der Waals surface area contributed by atoms with Gasteiger partial charge in [-0.15, -0.1) is 0 Å². The molecule has 0 aromatic heterocycles. The summed E-state index contributed by atoms with van der Waals surface area (Å²) in [7, 11) is 0. The van der Waals surface area contributed by atoms with E-state index in [1.165, 1.54) is 30.3 Å². The maximum Gasteiger partial charge on any atom is 0.337 e. The van der Waals surface area contributed by atoms with Gasteiger partial charge in [-0.05, 0) is 39.7 Å². The molecule has 4 rings (SSSR count). The molecule has 0 unspecified atom stereocenters. The second-order valence-corrected chi connectivity index (χ2v) is 6.64. The van der Waals surface area contributed by atoms with Gasteiger partial charge in [-0.2, -0.15) is 0 Å². The van der Waals surface area contributed by atoms with Crippen LogP contribution in [-0.2, 0) is 0 Å². The van der Waals surface area contributed by atoms with Crippen molar-refractivity contribution in [2.75, 3.05) is 0 Å². The maximum absolute atomic E-state index is 11.1. The Morgan fingerprint density at radius 2 is 0.906 bits per heavy atom. The average molecular weight is 432 g/mol. The van der Waals surface area contributed by atoms with E-state index in [4.69, 9.17) is 20.4 Å². The first-order valence-corrected chi connectivity index (χ1v) is 9.19. The third-order valence-corrected chi connectivity index (χ3v) is 4.76. The van der Waals surface area contributed by atoms with Crippen LogP contribution in [0.2, 0.25) is 0 Å². The van der Waals surface area contributed by atoms with Gasteiger partial charge in [-0.25, -0.2) is 19.2 Å². The zero-order valence-electron chi connectivity index (χ0n) is 16.4. The van der Waals surface area contributed by atoms with Gasteiger partial charge in [0.2, 0.25) is 0 Å². The number of carboxylic acids is 4. The predicted octanol–water partition coefficient (Wildman–Crippen LogP) is 4.47. The molecule has 4 N–H and O–H groups in total. The third kappa shape index (κ3) is 4.24. The third-order valence-electron chi connectivity index (χ3n) is 4.76. The zero-order chi connectivity index (χ0) is 23.4. The number of fused-ring (bicyclic) bond motifs is 2. The van der Waals surface area contributed by atoms with Gasteiger partial charge in [0, 0.05) is 0 Å². The summed E-state index contributed by atoms with van der Waals surface area (Å²) in [4.78, 5) is 43.9. The molecule has 0 atom stereocenters. The minimum Gasteiger partial charge on any atom is -0.478 e. The van der Waals surface area contributed by atoms with E-state index in [9.17, 15) is 19.2 Å². The second kappa shape index (κ2) is 8.97. The minimum absolute atomic E-state index is 0.112. The highest BCUT2D eigenvalue weighted by atomic mass is 16.4. The van der Waals surface area contributed by atoms with Crippen LogP contribution in [0, 0.1) is 0 Å². The topological polar surface area (TPSA) is 149 Å². The van der Waals surface area contributed by atoms with E-state index in [0.717, 1.165) is 0 Å². The number of carbonyl (C=O) groups is 4. The van der Waals surface area contributed by atoms with Gasteiger partial charge in [0.15, 0.2) is 0 Å². The lowest BCUT2D eigenvalue weighted by atomic mass is 9.99. The van der Waals surface area contributed by atoms with E-state index in [2.05, 4.69) is 0 Å². The highest BCUT2D eigenvalue weighted by Gasteiger charge is 2.18. The fraction of sp³-hybridized carbons (Fsp3) is 0. The van der Waals surface area contributed by atoms with Crippen LogP contribution in [0.5, 0.6) is 0 Å². The van der Waals surface area contributed by atoms with Gasteiger partial charge >= 0.3 is 23.9 Å². The van der Waals surface area contributed by atoms with Crippen molar-refractivity contribution in [3.8, 4) is 0 Å². The van der Waals surface area contributed by atoms with Crippen LogP contribution < -0.4 is 0 Å². The van der Waals surface area contributed by atoms with Gasteiger partial charge in [0.05, 0.1) is 22.3 Å². The largest absolute Gasteiger partial charge is 0.478 e. The lowest BCUT2D eigenvalue weighted by molar-refractivity contribution is 0.0653. The summed E-state index contributed by atoms with van der Waals surface area (Å²) in [6, 6.07) is 18.9. The minimum atomic E-state index is -1.23. The van der Waals surface area contributed by atoms with Crippen molar-refractivity contribution in [3.05, 3.63) is 95.1 Å². The molecule has 8 nitrogen and oxygen atoms in total. The monoisotopic (exact) mass is 432 g/mol. The van der Waals surface area contributed by atoms with E-state index in [1.807, 2.05) is 0 Å². The maximum atomic E-state index is 11.1. The molecule has 32 heavy (non-hydrogen) atoms. The molecule has 8 heteroatoms. The molecule has 0 saturated heterocycles. The van der Waals surface area contributed by atoms with Gasteiger partial charge in [0.1, 0.15) is 0 Å². The lowest BCUT2D eigenvalue weighted by Crippen LogP contribution is -2.08. The highest BCUT2D eigenvalue weighted by Crippen LogP contribution is 2.23. The number of rotatable bonds is 4. The summed E-state index contributed by atoms with van der Waals surface area (Å²) in [5.74, 6) is -4.58. The van der Waals surface area contributed by atoms with E-state index < -0.39 is 23.9 Å². The molecule has 0 bridgehead atoms. The first-order valence-electron chi connectivity index (χ1n) is 9.19. The smallest absolute Gasteiger partial charge is 0.337 e. The average Bonchev–Trinajstić information content (AvgIpc) is 2.77. The molecular weight excluding hydrogens is 416 g/mol. The molecule has 0 aliphatic carbocycles. The molecule has 0 fully saturated rings. The molecule has 0 amide bonds. The Morgan fingerprint density at radius 1 is 0.438 bits per heavy atom. The summed E-state index contributed by atoms with van der Waals surface area (Å²) in [5, 5.41) is 37.9. The Bertz CT molecular complexity index is 1330. The number of hydrogen-bond donors (Lipinski definition) is 4. The Balaban J connectivity index is 0.000000181. The van der Waals surface area contributed by atoms with Crippen LogP contribution >= 0.6 is 0 Å². The molecule has 4 aromatic carbocycles. The summed E-state index contributed by atoms with van der Waals surface area (Å²) in [6.45, 7) is 0. The van der Waals surface area contributed by atoms with E-state index in [0.29, 0.717) is 21.5 Å². The molecule has 4 aromatic rings. The molecule has 0 aliphatic heterocycles. The number of aromatic carboxylic acids is 4. The lowest BCUT2D eigenvalue weighted by Gasteiger charge is -2.05. The summed E-state index contributed by atoms with van der Waals surface area (Å²) < 4.78 is 0. The molecule has 0 heterocycles. The van der Waals surface area contributed by atoms with Crippen LogP contribution in [0.4, 0.5) is 0 Å². The van der Waals surface area contributed by atoms with Crippen molar-refractivity contribution < 1.29 is 39.6 Å². The van der Waals surface area contributed by atoms with Crippen molar-refractivity contribution in [2.24, 2.45) is 0 Å². The molecule has 0 saturated carbocycles. The van der Waals surface area contributed by atoms with E-state index in [1.54, 1.807) is 42.5 Å². The van der Waals surface area contributed by atoms with Crippen molar-refractivity contribution in [1.82, 2.24) is 0 Å². The Labute approximate surface area is 180 Å². The van der Waals surface area contributed by atoms with Crippen LogP contribution in [-0.4, -0.2) is 44.3 Å². The molecule has 160 valence electrons.